The Balaban J connectivity index is 3.84. The van der Waals surface area contributed by atoms with E-state index in [2.05, 4.69) is 24.9 Å². The number of ether oxygens (including phenoxy) is 1. The lowest BCUT2D eigenvalue weighted by molar-refractivity contribution is -0.147. The highest BCUT2D eigenvalue weighted by Crippen LogP contribution is 2.08. The number of carbonyl (C=O) groups is 2. The minimum Gasteiger partial charge on any atom is -0.464 e. The second-order valence-electron chi connectivity index (χ2n) is 6.42. The van der Waals surface area contributed by atoms with E-state index in [-0.39, 0.29) is 11.7 Å². The summed E-state index contributed by atoms with van der Waals surface area (Å²) in [7, 11) is 0. The molecule has 0 aliphatic heterocycles. The van der Waals surface area contributed by atoms with Crippen molar-refractivity contribution < 1.29 is 14.3 Å². The van der Waals surface area contributed by atoms with Crippen LogP contribution in [0.2, 0.25) is 0 Å². The van der Waals surface area contributed by atoms with E-state index >= 15 is 0 Å². The number of carbonyl (C=O) groups excluding carboxylic acids is 2. The molecule has 0 aromatic rings. The standard InChI is InChI=1S/C18H37N3O3S/c1-2-3-4-5-6-7-8-9-13-24-18(23)16(14-25)21-17(22)15(20)11-10-12-19/h15-16,25H,2-14,19-20H2,1H3,(H,21,22). The summed E-state index contributed by atoms with van der Waals surface area (Å²) in [5, 5.41) is 2.60. The number of nitrogens with one attached hydrogen (secondary N) is 1. The van der Waals surface area contributed by atoms with Gasteiger partial charge in [0.1, 0.15) is 6.04 Å². The highest BCUT2D eigenvalue weighted by atomic mass is 32.1. The van der Waals surface area contributed by atoms with Crippen LogP contribution in [0, 0.1) is 0 Å². The molecule has 5 N–H and O–H groups in total. The maximum atomic E-state index is 12.0. The van der Waals surface area contributed by atoms with Crippen molar-refractivity contribution in [1.29, 1.82) is 0 Å². The van der Waals surface area contributed by atoms with Crippen LogP contribution in [0.1, 0.15) is 71.1 Å². The first-order valence-electron chi connectivity index (χ1n) is 9.60. The zero-order valence-electron chi connectivity index (χ0n) is 15.7. The fourth-order valence-electron chi connectivity index (χ4n) is 2.44. The Morgan fingerprint density at radius 2 is 1.64 bits per heavy atom. The monoisotopic (exact) mass is 375 g/mol. The Morgan fingerprint density at radius 1 is 1.04 bits per heavy atom. The highest BCUT2D eigenvalue weighted by Gasteiger charge is 2.23. The number of rotatable bonds is 16. The Morgan fingerprint density at radius 3 is 2.20 bits per heavy atom. The normalized spacial score (nSPS) is 13.3. The zero-order valence-corrected chi connectivity index (χ0v) is 16.6. The lowest BCUT2D eigenvalue weighted by Crippen LogP contribution is -2.49. The number of hydrogen-bond acceptors (Lipinski definition) is 6. The second-order valence-corrected chi connectivity index (χ2v) is 6.79. The molecule has 2 unspecified atom stereocenters. The predicted octanol–water partition coefficient (Wildman–Crippen LogP) is 2.15. The zero-order chi connectivity index (χ0) is 18.9. The van der Waals surface area contributed by atoms with Gasteiger partial charge in [-0.3, -0.25) is 4.79 Å². The van der Waals surface area contributed by atoms with E-state index in [1.165, 1.54) is 38.5 Å². The van der Waals surface area contributed by atoms with Crippen molar-refractivity contribution in [3.8, 4) is 0 Å². The van der Waals surface area contributed by atoms with Crippen LogP contribution in [0.25, 0.3) is 0 Å². The molecule has 7 heteroatoms. The van der Waals surface area contributed by atoms with Gasteiger partial charge in [-0.1, -0.05) is 51.9 Å². The van der Waals surface area contributed by atoms with Gasteiger partial charge in [-0.15, -0.1) is 0 Å². The third-order valence-corrected chi connectivity index (χ3v) is 4.45. The average molecular weight is 376 g/mol. The molecular weight excluding hydrogens is 338 g/mol. The van der Waals surface area contributed by atoms with E-state index in [0.717, 1.165) is 12.8 Å². The predicted molar refractivity (Wildman–Crippen MR) is 106 cm³/mol. The Bertz CT molecular complexity index is 356. The van der Waals surface area contributed by atoms with Gasteiger partial charge in [0.2, 0.25) is 5.91 Å². The van der Waals surface area contributed by atoms with Gasteiger partial charge >= 0.3 is 5.97 Å². The largest absolute Gasteiger partial charge is 0.464 e. The summed E-state index contributed by atoms with van der Waals surface area (Å²) in [5.74, 6) is -0.625. The SMILES string of the molecule is CCCCCCCCCCOC(=O)C(CS)NC(=O)C(N)CCCN. The molecule has 0 rings (SSSR count). The topological polar surface area (TPSA) is 107 Å². The molecule has 0 heterocycles. The van der Waals surface area contributed by atoms with Crippen molar-refractivity contribution in [1.82, 2.24) is 5.32 Å². The van der Waals surface area contributed by atoms with Crippen LogP contribution in [0.5, 0.6) is 0 Å². The van der Waals surface area contributed by atoms with Crippen molar-refractivity contribution in [2.24, 2.45) is 11.5 Å². The summed E-state index contributed by atoms with van der Waals surface area (Å²) >= 11 is 4.11. The molecule has 0 aromatic carbocycles. The number of unbranched alkanes of at least 4 members (excludes halogenated alkanes) is 7. The molecular formula is C18H37N3O3S. The van der Waals surface area contributed by atoms with Gasteiger partial charge in [-0.2, -0.15) is 12.6 Å². The minimum atomic E-state index is -0.756. The van der Waals surface area contributed by atoms with Crippen LogP contribution >= 0.6 is 12.6 Å². The Kier molecular flexibility index (Phi) is 16.1. The summed E-state index contributed by atoms with van der Waals surface area (Å²) in [6, 6.07) is -1.42. The smallest absolute Gasteiger partial charge is 0.329 e. The van der Waals surface area contributed by atoms with E-state index in [4.69, 9.17) is 16.2 Å². The number of esters is 1. The van der Waals surface area contributed by atoms with E-state index in [1.54, 1.807) is 0 Å². The number of hydrogen-bond donors (Lipinski definition) is 4. The summed E-state index contributed by atoms with van der Waals surface area (Å²) in [4.78, 5) is 23.9. The molecule has 0 aliphatic rings. The van der Waals surface area contributed by atoms with Gasteiger partial charge in [0.25, 0.3) is 0 Å². The van der Waals surface area contributed by atoms with Crippen LogP contribution in [-0.4, -0.2) is 42.9 Å². The van der Waals surface area contributed by atoms with E-state index < -0.39 is 18.1 Å². The molecule has 0 spiro atoms. The van der Waals surface area contributed by atoms with Crippen molar-refractivity contribution in [3.63, 3.8) is 0 Å². The molecule has 0 fully saturated rings. The van der Waals surface area contributed by atoms with E-state index in [1.807, 2.05) is 0 Å². The van der Waals surface area contributed by atoms with Crippen molar-refractivity contribution in [3.05, 3.63) is 0 Å². The lowest BCUT2D eigenvalue weighted by Gasteiger charge is -2.18. The van der Waals surface area contributed by atoms with Gasteiger partial charge in [-0.05, 0) is 25.8 Å². The van der Waals surface area contributed by atoms with Gasteiger partial charge in [0, 0.05) is 5.75 Å². The molecule has 0 saturated heterocycles. The summed E-state index contributed by atoms with van der Waals surface area (Å²) in [5.41, 5.74) is 11.2. The number of nitrogens with two attached hydrogens (primary N) is 2. The van der Waals surface area contributed by atoms with Crippen molar-refractivity contribution in [2.75, 3.05) is 18.9 Å². The van der Waals surface area contributed by atoms with Crippen molar-refractivity contribution >= 4 is 24.5 Å². The fourth-order valence-corrected chi connectivity index (χ4v) is 2.68. The summed E-state index contributed by atoms with van der Waals surface area (Å²) < 4.78 is 5.24. The van der Waals surface area contributed by atoms with Gasteiger partial charge < -0.3 is 21.5 Å². The summed E-state index contributed by atoms with van der Waals surface area (Å²) in [6.45, 7) is 3.08. The molecule has 0 saturated carbocycles. The third kappa shape index (κ3) is 13.1. The maximum Gasteiger partial charge on any atom is 0.329 e. The number of amides is 1. The van der Waals surface area contributed by atoms with Gasteiger partial charge in [0.05, 0.1) is 12.6 Å². The van der Waals surface area contributed by atoms with Gasteiger partial charge in [-0.25, -0.2) is 4.79 Å². The molecule has 2 atom stereocenters. The van der Waals surface area contributed by atoms with Crippen LogP contribution in [-0.2, 0) is 14.3 Å². The molecule has 0 aliphatic carbocycles. The molecule has 148 valence electrons. The summed E-state index contributed by atoms with van der Waals surface area (Å²) in [6.07, 6.45) is 10.6. The van der Waals surface area contributed by atoms with Crippen LogP contribution in [0.4, 0.5) is 0 Å². The first kappa shape index (κ1) is 24.2. The molecule has 0 bridgehead atoms. The fraction of sp³-hybridized carbons (Fsp3) is 0.889. The molecule has 1 amide bonds. The van der Waals surface area contributed by atoms with E-state index in [0.29, 0.717) is 26.0 Å². The highest BCUT2D eigenvalue weighted by molar-refractivity contribution is 7.80. The Labute approximate surface area is 158 Å². The first-order chi connectivity index (χ1) is 12.1. The van der Waals surface area contributed by atoms with Crippen molar-refractivity contribution in [2.45, 2.75) is 83.2 Å². The molecule has 0 aromatic heterocycles. The Hall–Kier alpha value is -0.790. The number of thiol groups is 1. The lowest BCUT2D eigenvalue weighted by atomic mass is 10.1. The average Bonchev–Trinajstić information content (AvgIpc) is 2.62. The van der Waals surface area contributed by atoms with Crippen LogP contribution < -0.4 is 16.8 Å². The van der Waals surface area contributed by atoms with Crippen LogP contribution in [0.3, 0.4) is 0 Å². The third-order valence-electron chi connectivity index (χ3n) is 4.08. The molecule has 0 radical (unpaired) electrons. The first-order valence-corrected chi connectivity index (χ1v) is 10.2. The van der Waals surface area contributed by atoms with E-state index in [9.17, 15) is 9.59 Å². The minimum absolute atomic E-state index is 0.186. The van der Waals surface area contributed by atoms with Gasteiger partial charge in [0.15, 0.2) is 0 Å². The molecule has 25 heavy (non-hydrogen) atoms. The second kappa shape index (κ2) is 16.7. The van der Waals surface area contributed by atoms with Crippen LogP contribution in [0.15, 0.2) is 0 Å². The maximum absolute atomic E-state index is 12.0. The quantitative estimate of drug-likeness (QED) is 0.188. The molecule has 6 nitrogen and oxygen atoms in total.